The number of halogens is 1. The second kappa shape index (κ2) is 4.46. The van der Waals surface area contributed by atoms with Gasteiger partial charge in [-0.05, 0) is 19.1 Å². The van der Waals surface area contributed by atoms with E-state index in [1.54, 1.807) is 13.0 Å². The third kappa shape index (κ3) is 2.56. The fourth-order valence-corrected chi connectivity index (χ4v) is 1.77. The quantitative estimate of drug-likeness (QED) is 0.854. The molecule has 0 bridgehead atoms. The number of carbonyl (C=O) groups is 1. The lowest BCUT2D eigenvalue weighted by atomic mass is 10.1. The molecule has 88 valence electrons. The van der Waals surface area contributed by atoms with Crippen molar-refractivity contribution >= 4 is 27.5 Å². The molecule has 0 aliphatic heterocycles. The van der Waals surface area contributed by atoms with E-state index in [1.807, 2.05) is 0 Å². The van der Waals surface area contributed by atoms with Crippen LogP contribution >= 0.6 is 11.3 Å². The first kappa shape index (κ1) is 11.5. The zero-order valence-electron chi connectivity index (χ0n) is 8.90. The average molecular weight is 252 g/mol. The number of amides is 1. The Balaban J connectivity index is 2.22. The molecule has 2 aromatic rings. The normalized spacial score (nSPS) is 10.2. The van der Waals surface area contributed by atoms with Crippen molar-refractivity contribution in [3.63, 3.8) is 0 Å². The van der Waals surface area contributed by atoms with Gasteiger partial charge in [-0.15, -0.1) is 10.2 Å². The lowest BCUT2D eigenvalue weighted by Gasteiger charge is -2.03. The SMILES string of the molecule is Cc1ccc(F)c(C(=O)Nc2nnc(N)s2)c1. The number of nitrogens with one attached hydrogen (secondary N) is 1. The summed E-state index contributed by atoms with van der Waals surface area (Å²) in [6, 6.07) is 4.31. The summed E-state index contributed by atoms with van der Waals surface area (Å²) >= 11 is 1.02. The van der Waals surface area contributed by atoms with E-state index >= 15 is 0 Å². The second-order valence-electron chi connectivity index (χ2n) is 3.38. The largest absolute Gasteiger partial charge is 0.374 e. The Hall–Kier alpha value is -2.02. The lowest BCUT2D eigenvalue weighted by molar-refractivity contribution is 0.102. The van der Waals surface area contributed by atoms with Gasteiger partial charge in [-0.1, -0.05) is 23.0 Å². The maximum atomic E-state index is 13.4. The zero-order chi connectivity index (χ0) is 12.4. The Morgan fingerprint density at radius 3 is 2.88 bits per heavy atom. The molecule has 0 unspecified atom stereocenters. The predicted octanol–water partition coefficient (Wildman–Crippen LogP) is 1.82. The Labute approximate surface area is 100 Å². The summed E-state index contributed by atoms with van der Waals surface area (Å²) in [5.74, 6) is -1.15. The number of nitrogens with zero attached hydrogens (tertiary/aromatic N) is 2. The van der Waals surface area contributed by atoms with Crippen LogP contribution in [-0.2, 0) is 0 Å². The Kier molecular flexibility index (Phi) is 3.01. The molecule has 1 amide bonds. The Morgan fingerprint density at radius 2 is 2.24 bits per heavy atom. The fourth-order valence-electron chi connectivity index (χ4n) is 1.26. The summed E-state index contributed by atoms with van der Waals surface area (Å²) in [6.07, 6.45) is 0. The molecule has 0 radical (unpaired) electrons. The van der Waals surface area contributed by atoms with Gasteiger partial charge >= 0.3 is 0 Å². The molecule has 2 rings (SSSR count). The number of benzene rings is 1. The van der Waals surface area contributed by atoms with E-state index in [4.69, 9.17) is 5.73 Å². The number of aryl methyl sites for hydroxylation is 1. The topological polar surface area (TPSA) is 80.9 Å². The van der Waals surface area contributed by atoms with E-state index in [9.17, 15) is 9.18 Å². The van der Waals surface area contributed by atoms with Crippen molar-refractivity contribution in [1.29, 1.82) is 0 Å². The number of aromatic nitrogens is 2. The molecule has 0 saturated heterocycles. The minimum atomic E-state index is -0.578. The zero-order valence-corrected chi connectivity index (χ0v) is 9.71. The monoisotopic (exact) mass is 252 g/mol. The van der Waals surface area contributed by atoms with Crippen molar-refractivity contribution in [2.24, 2.45) is 0 Å². The molecule has 7 heteroatoms. The van der Waals surface area contributed by atoms with E-state index in [1.165, 1.54) is 12.1 Å². The minimum absolute atomic E-state index is 0.0289. The van der Waals surface area contributed by atoms with Crippen molar-refractivity contribution in [1.82, 2.24) is 10.2 Å². The average Bonchev–Trinajstić information content (AvgIpc) is 2.67. The van der Waals surface area contributed by atoms with Crippen LogP contribution in [-0.4, -0.2) is 16.1 Å². The van der Waals surface area contributed by atoms with Crippen molar-refractivity contribution in [3.05, 3.63) is 35.1 Å². The van der Waals surface area contributed by atoms with Crippen molar-refractivity contribution in [3.8, 4) is 0 Å². The third-order valence-corrected chi connectivity index (χ3v) is 2.70. The third-order valence-electron chi connectivity index (χ3n) is 2.03. The summed E-state index contributed by atoms with van der Waals surface area (Å²) in [6.45, 7) is 1.78. The molecule has 1 aromatic carbocycles. The first-order valence-corrected chi connectivity index (χ1v) is 5.54. The van der Waals surface area contributed by atoms with Gasteiger partial charge in [0.2, 0.25) is 10.3 Å². The highest BCUT2D eigenvalue weighted by molar-refractivity contribution is 7.19. The van der Waals surface area contributed by atoms with Gasteiger partial charge in [0.05, 0.1) is 5.56 Å². The number of anilines is 2. The summed E-state index contributed by atoms with van der Waals surface area (Å²) < 4.78 is 13.4. The van der Waals surface area contributed by atoms with Gasteiger partial charge in [-0.3, -0.25) is 10.1 Å². The highest BCUT2D eigenvalue weighted by atomic mass is 32.1. The molecule has 0 atom stereocenters. The summed E-state index contributed by atoms with van der Waals surface area (Å²) in [7, 11) is 0. The van der Waals surface area contributed by atoms with Gasteiger partial charge in [-0.2, -0.15) is 0 Å². The predicted molar refractivity (Wildman–Crippen MR) is 63.4 cm³/mol. The van der Waals surface area contributed by atoms with Gasteiger partial charge < -0.3 is 5.73 Å². The molecule has 0 fully saturated rings. The van der Waals surface area contributed by atoms with Crippen LogP contribution < -0.4 is 11.1 Å². The lowest BCUT2D eigenvalue weighted by Crippen LogP contribution is -2.13. The van der Waals surface area contributed by atoms with Gasteiger partial charge in [0.25, 0.3) is 5.91 Å². The highest BCUT2D eigenvalue weighted by Gasteiger charge is 2.13. The number of rotatable bonds is 2. The van der Waals surface area contributed by atoms with Crippen LogP contribution in [0.2, 0.25) is 0 Å². The maximum Gasteiger partial charge on any atom is 0.260 e. The number of nitrogen functional groups attached to an aromatic ring is 1. The molecule has 0 aliphatic rings. The molecule has 0 spiro atoms. The Morgan fingerprint density at radius 1 is 1.47 bits per heavy atom. The van der Waals surface area contributed by atoms with E-state index in [-0.39, 0.29) is 15.8 Å². The van der Waals surface area contributed by atoms with Gasteiger partial charge in [-0.25, -0.2) is 4.39 Å². The molecule has 0 saturated carbocycles. The standard InChI is InChI=1S/C10H9FN4OS/c1-5-2-3-7(11)6(4-5)8(16)13-10-15-14-9(12)17-10/h2-4H,1H3,(H2,12,14)(H,13,15,16). The fraction of sp³-hybridized carbons (Fsp3) is 0.100. The van der Waals surface area contributed by atoms with Crippen LogP contribution in [0.3, 0.4) is 0 Å². The van der Waals surface area contributed by atoms with Crippen LogP contribution in [0.4, 0.5) is 14.7 Å². The summed E-state index contributed by atoms with van der Waals surface area (Å²) in [5, 5.41) is 10.1. The molecule has 1 aromatic heterocycles. The van der Waals surface area contributed by atoms with E-state index in [2.05, 4.69) is 15.5 Å². The van der Waals surface area contributed by atoms with E-state index in [0.29, 0.717) is 0 Å². The Bertz CT molecular complexity index is 569. The molecular formula is C10H9FN4OS. The highest BCUT2D eigenvalue weighted by Crippen LogP contribution is 2.18. The molecule has 17 heavy (non-hydrogen) atoms. The van der Waals surface area contributed by atoms with Crippen LogP contribution in [0, 0.1) is 12.7 Å². The maximum absolute atomic E-state index is 13.4. The van der Waals surface area contributed by atoms with E-state index < -0.39 is 11.7 Å². The number of hydrogen-bond donors (Lipinski definition) is 2. The van der Waals surface area contributed by atoms with Crippen LogP contribution in [0.5, 0.6) is 0 Å². The first-order valence-electron chi connectivity index (χ1n) is 4.73. The number of nitrogens with two attached hydrogens (primary N) is 1. The smallest absolute Gasteiger partial charge is 0.260 e. The van der Waals surface area contributed by atoms with Gasteiger partial charge in [0.15, 0.2) is 0 Å². The summed E-state index contributed by atoms with van der Waals surface area (Å²) in [5.41, 5.74) is 6.14. The minimum Gasteiger partial charge on any atom is -0.374 e. The molecule has 3 N–H and O–H groups in total. The van der Waals surface area contributed by atoms with Crippen LogP contribution in [0.25, 0.3) is 0 Å². The van der Waals surface area contributed by atoms with Gasteiger partial charge in [0.1, 0.15) is 5.82 Å². The first-order chi connectivity index (χ1) is 8.06. The second-order valence-corrected chi connectivity index (χ2v) is 4.39. The number of hydrogen-bond acceptors (Lipinski definition) is 5. The van der Waals surface area contributed by atoms with Crippen LogP contribution in [0.1, 0.15) is 15.9 Å². The number of carbonyl (C=O) groups excluding carboxylic acids is 1. The molecule has 5 nitrogen and oxygen atoms in total. The molecule has 0 aliphatic carbocycles. The molecule has 1 heterocycles. The van der Waals surface area contributed by atoms with Crippen molar-refractivity contribution in [2.45, 2.75) is 6.92 Å². The van der Waals surface area contributed by atoms with Crippen LogP contribution in [0.15, 0.2) is 18.2 Å². The van der Waals surface area contributed by atoms with E-state index in [0.717, 1.165) is 16.9 Å². The van der Waals surface area contributed by atoms with Crippen molar-refractivity contribution in [2.75, 3.05) is 11.1 Å². The van der Waals surface area contributed by atoms with Crippen molar-refractivity contribution < 1.29 is 9.18 Å². The molecular weight excluding hydrogens is 243 g/mol. The summed E-state index contributed by atoms with van der Waals surface area (Å²) in [4.78, 5) is 11.7. The van der Waals surface area contributed by atoms with Gasteiger partial charge in [0, 0.05) is 0 Å².